The Morgan fingerprint density at radius 2 is 2.00 bits per heavy atom. The molecule has 0 bridgehead atoms. The lowest BCUT2D eigenvalue weighted by molar-refractivity contribution is 0.0987. The second-order valence-electron chi connectivity index (χ2n) is 3.40. The minimum absolute atomic E-state index is 0.00713. The van der Waals surface area contributed by atoms with Crippen LogP contribution in [0.3, 0.4) is 0 Å². The third-order valence-electron chi connectivity index (χ3n) is 2.39. The fourth-order valence-corrected chi connectivity index (χ4v) is 2.36. The number of hydrogen-bond acceptors (Lipinski definition) is 3. The second-order valence-corrected chi connectivity index (χ2v) is 5.30. The summed E-state index contributed by atoms with van der Waals surface area (Å²) in [6.45, 7) is 1.95. The maximum absolute atomic E-state index is 12.1. The Morgan fingerprint density at radius 3 is 2.47 bits per heavy atom. The molecular formula is C12H14Br2O3. The zero-order valence-electron chi connectivity index (χ0n) is 9.92. The van der Waals surface area contributed by atoms with Crippen LogP contribution in [0.2, 0.25) is 0 Å². The summed E-state index contributed by atoms with van der Waals surface area (Å²) >= 11 is 6.73. The number of ether oxygens (including phenoxy) is 2. The summed E-state index contributed by atoms with van der Waals surface area (Å²) in [5.74, 6) is 1.15. The van der Waals surface area contributed by atoms with Gasteiger partial charge in [0.25, 0.3) is 0 Å². The SMILES string of the molecule is CCC(Br)C(=O)c1ccc(OC)c(Br)c1OC. The van der Waals surface area contributed by atoms with Crippen molar-refractivity contribution < 1.29 is 14.3 Å². The predicted octanol–water partition coefficient (Wildman–Crippen LogP) is 3.82. The maximum atomic E-state index is 12.1. The van der Waals surface area contributed by atoms with Crippen molar-refractivity contribution >= 4 is 37.6 Å². The summed E-state index contributed by atoms with van der Waals surface area (Å²) in [5.41, 5.74) is 0.545. The van der Waals surface area contributed by atoms with Crippen LogP contribution < -0.4 is 9.47 Å². The van der Waals surface area contributed by atoms with Crippen LogP contribution in [0, 0.1) is 0 Å². The zero-order valence-corrected chi connectivity index (χ0v) is 13.1. The summed E-state index contributed by atoms with van der Waals surface area (Å²) in [7, 11) is 3.10. The van der Waals surface area contributed by atoms with Gasteiger partial charge in [0.05, 0.1) is 24.6 Å². The van der Waals surface area contributed by atoms with E-state index in [9.17, 15) is 4.79 Å². The van der Waals surface area contributed by atoms with E-state index < -0.39 is 0 Å². The van der Waals surface area contributed by atoms with Gasteiger partial charge < -0.3 is 9.47 Å². The lowest BCUT2D eigenvalue weighted by Crippen LogP contribution is -2.14. The molecule has 0 aromatic heterocycles. The first kappa shape index (κ1) is 14.5. The summed E-state index contributed by atoms with van der Waals surface area (Å²) in [6.07, 6.45) is 0.728. The normalized spacial score (nSPS) is 12.1. The quantitative estimate of drug-likeness (QED) is 0.587. The van der Waals surface area contributed by atoms with Crippen LogP contribution >= 0.6 is 31.9 Å². The number of benzene rings is 1. The van der Waals surface area contributed by atoms with E-state index in [4.69, 9.17) is 9.47 Å². The van der Waals surface area contributed by atoms with E-state index in [0.29, 0.717) is 21.5 Å². The van der Waals surface area contributed by atoms with E-state index in [1.54, 1.807) is 19.2 Å². The maximum Gasteiger partial charge on any atom is 0.180 e. The van der Waals surface area contributed by atoms with Gasteiger partial charge in [-0.05, 0) is 34.5 Å². The molecule has 0 aliphatic heterocycles. The Balaban J connectivity index is 3.26. The Hall–Kier alpha value is -0.550. The van der Waals surface area contributed by atoms with E-state index in [0.717, 1.165) is 6.42 Å². The summed E-state index contributed by atoms with van der Waals surface area (Å²) in [6, 6.07) is 3.46. The highest BCUT2D eigenvalue weighted by Gasteiger charge is 2.22. The topological polar surface area (TPSA) is 35.5 Å². The molecule has 1 aromatic rings. The van der Waals surface area contributed by atoms with E-state index in [2.05, 4.69) is 31.9 Å². The summed E-state index contributed by atoms with van der Waals surface area (Å²) in [5, 5.41) is 0. The smallest absolute Gasteiger partial charge is 0.180 e. The number of ketones is 1. The number of rotatable bonds is 5. The number of methoxy groups -OCH3 is 2. The third-order valence-corrected chi connectivity index (χ3v) is 4.21. The highest BCUT2D eigenvalue weighted by Crippen LogP contribution is 2.38. The molecular weight excluding hydrogens is 352 g/mol. The van der Waals surface area contributed by atoms with Crippen LogP contribution in [0.25, 0.3) is 0 Å². The minimum atomic E-state index is -0.198. The van der Waals surface area contributed by atoms with Crippen molar-refractivity contribution in [3.8, 4) is 11.5 Å². The van der Waals surface area contributed by atoms with Crippen LogP contribution in [0.4, 0.5) is 0 Å². The van der Waals surface area contributed by atoms with Crippen molar-refractivity contribution in [3.63, 3.8) is 0 Å². The molecule has 0 aliphatic carbocycles. The molecule has 0 N–H and O–H groups in total. The molecule has 5 heteroatoms. The van der Waals surface area contributed by atoms with Crippen LogP contribution in [0.5, 0.6) is 11.5 Å². The van der Waals surface area contributed by atoms with E-state index in [1.165, 1.54) is 7.11 Å². The molecule has 1 rings (SSSR count). The van der Waals surface area contributed by atoms with Crippen molar-refractivity contribution in [2.75, 3.05) is 14.2 Å². The molecule has 1 aromatic carbocycles. The monoisotopic (exact) mass is 364 g/mol. The molecule has 0 radical (unpaired) electrons. The Kier molecular flexibility index (Phi) is 5.46. The third kappa shape index (κ3) is 3.01. The molecule has 0 fully saturated rings. The summed E-state index contributed by atoms with van der Waals surface area (Å²) < 4.78 is 11.1. The number of halogens is 2. The molecule has 0 heterocycles. The lowest BCUT2D eigenvalue weighted by Gasteiger charge is -2.14. The van der Waals surface area contributed by atoms with Gasteiger partial charge in [-0.15, -0.1) is 0 Å². The average Bonchev–Trinajstić information content (AvgIpc) is 2.36. The number of carbonyl (C=O) groups is 1. The standard InChI is InChI=1S/C12H14Br2O3/c1-4-8(13)11(15)7-5-6-9(16-2)10(14)12(7)17-3/h5-6,8H,4H2,1-3H3. The first-order valence-corrected chi connectivity index (χ1v) is 6.86. The van der Waals surface area contributed by atoms with Crippen LogP contribution in [0.1, 0.15) is 23.7 Å². The molecule has 1 atom stereocenters. The Labute approximate surface area is 118 Å². The van der Waals surface area contributed by atoms with Crippen LogP contribution in [0.15, 0.2) is 16.6 Å². The molecule has 0 aliphatic rings. The minimum Gasteiger partial charge on any atom is -0.495 e. The van der Waals surface area contributed by atoms with Gasteiger partial charge in [-0.3, -0.25) is 4.79 Å². The van der Waals surface area contributed by atoms with Gasteiger partial charge in [-0.1, -0.05) is 22.9 Å². The second kappa shape index (κ2) is 6.40. The van der Waals surface area contributed by atoms with Crippen molar-refractivity contribution in [2.45, 2.75) is 18.2 Å². The van der Waals surface area contributed by atoms with Crippen molar-refractivity contribution in [1.82, 2.24) is 0 Å². The fourth-order valence-electron chi connectivity index (χ4n) is 1.44. The molecule has 94 valence electrons. The number of carbonyl (C=O) groups excluding carboxylic acids is 1. The Bertz CT molecular complexity index is 418. The predicted molar refractivity (Wildman–Crippen MR) is 74.6 cm³/mol. The molecule has 0 saturated heterocycles. The number of alkyl halides is 1. The van der Waals surface area contributed by atoms with Crippen LogP contribution in [-0.2, 0) is 0 Å². The average molecular weight is 366 g/mol. The van der Waals surface area contributed by atoms with Crippen LogP contribution in [-0.4, -0.2) is 24.8 Å². The van der Waals surface area contributed by atoms with Gasteiger partial charge in [0.2, 0.25) is 0 Å². The first-order valence-electron chi connectivity index (χ1n) is 5.15. The number of Topliss-reactive ketones (excluding diaryl/α,β-unsaturated/α-hetero) is 1. The van der Waals surface area contributed by atoms with Gasteiger partial charge in [0.15, 0.2) is 5.78 Å². The molecule has 0 spiro atoms. The van der Waals surface area contributed by atoms with E-state index in [1.807, 2.05) is 6.92 Å². The number of hydrogen-bond donors (Lipinski definition) is 0. The van der Waals surface area contributed by atoms with E-state index >= 15 is 0 Å². The van der Waals surface area contributed by atoms with E-state index in [-0.39, 0.29) is 10.6 Å². The van der Waals surface area contributed by atoms with Gasteiger partial charge in [-0.2, -0.15) is 0 Å². The summed E-state index contributed by atoms with van der Waals surface area (Å²) in [4.78, 5) is 11.9. The van der Waals surface area contributed by atoms with Gasteiger partial charge >= 0.3 is 0 Å². The zero-order chi connectivity index (χ0) is 13.0. The highest BCUT2D eigenvalue weighted by atomic mass is 79.9. The van der Waals surface area contributed by atoms with Gasteiger partial charge in [0.1, 0.15) is 16.0 Å². The molecule has 0 saturated carbocycles. The van der Waals surface area contributed by atoms with Gasteiger partial charge in [-0.25, -0.2) is 0 Å². The van der Waals surface area contributed by atoms with Crippen molar-refractivity contribution in [2.24, 2.45) is 0 Å². The molecule has 0 amide bonds. The first-order chi connectivity index (χ1) is 8.06. The Morgan fingerprint density at radius 1 is 1.35 bits per heavy atom. The van der Waals surface area contributed by atoms with Crippen molar-refractivity contribution in [1.29, 1.82) is 0 Å². The largest absolute Gasteiger partial charge is 0.495 e. The lowest BCUT2D eigenvalue weighted by atomic mass is 10.1. The molecule has 1 unspecified atom stereocenters. The highest BCUT2D eigenvalue weighted by molar-refractivity contribution is 9.10. The molecule has 3 nitrogen and oxygen atoms in total. The fraction of sp³-hybridized carbons (Fsp3) is 0.417. The van der Waals surface area contributed by atoms with Crippen molar-refractivity contribution in [3.05, 3.63) is 22.2 Å². The van der Waals surface area contributed by atoms with Gasteiger partial charge in [0, 0.05) is 0 Å². The molecule has 17 heavy (non-hydrogen) atoms.